The second kappa shape index (κ2) is 9.32. The van der Waals surface area contributed by atoms with E-state index >= 15 is 0 Å². The van der Waals surface area contributed by atoms with Gasteiger partial charge in [-0.3, -0.25) is 4.79 Å². The first kappa shape index (κ1) is 13.8. The molecule has 3 heteroatoms. The summed E-state index contributed by atoms with van der Waals surface area (Å²) in [5.41, 5.74) is 0. The third kappa shape index (κ3) is 9.85. The summed E-state index contributed by atoms with van der Waals surface area (Å²) in [5.74, 6) is 0.181. The molecule has 84 valence electrons. The van der Waals surface area contributed by atoms with Crippen molar-refractivity contribution < 1.29 is 4.79 Å². The summed E-state index contributed by atoms with van der Waals surface area (Å²) in [5, 5.41) is 3.11. The zero-order valence-electron chi connectivity index (χ0n) is 9.31. The Morgan fingerprint density at radius 1 is 1.36 bits per heavy atom. The van der Waals surface area contributed by atoms with Crippen LogP contribution in [0.5, 0.6) is 0 Å². The first-order valence-corrected chi connectivity index (χ1v) is 6.01. The van der Waals surface area contributed by atoms with Crippen molar-refractivity contribution in [3.8, 4) is 0 Å². The number of hydrogen-bond acceptors (Lipinski definition) is 1. The Labute approximate surface area is 92.4 Å². The number of nitrogens with one attached hydrogen (secondary N) is 1. The number of amides is 1. The van der Waals surface area contributed by atoms with Gasteiger partial charge in [-0.1, -0.05) is 19.8 Å². The number of unbranched alkanes of at least 4 members (excludes halogenated alkanes) is 2. The molecule has 1 amide bonds. The maximum absolute atomic E-state index is 11.2. The average Bonchev–Trinajstić information content (AvgIpc) is 2.13. The van der Waals surface area contributed by atoms with E-state index in [1.165, 1.54) is 0 Å². The molecule has 0 spiro atoms. The Kier molecular flexibility index (Phi) is 9.16. The lowest BCUT2D eigenvalue weighted by atomic mass is 10.2. The fourth-order valence-electron chi connectivity index (χ4n) is 1.24. The van der Waals surface area contributed by atoms with Crippen LogP contribution in [-0.4, -0.2) is 17.8 Å². The molecule has 0 aliphatic carbocycles. The zero-order valence-corrected chi connectivity index (χ0v) is 10.1. The molecule has 0 aromatic carbocycles. The molecule has 0 saturated carbocycles. The van der Waals surface area contributed by atoms with Crippen LogP contribution in [0.2, 0.25) is 0 Å². The van der Waals surface area contributed by atoms with Crippen molar-refractivity contribution in [2.24, 2.45) is 0 Å². The van der Waals surface area contributed by atoms with Crippen LogP contribution in [0.4, 0.5) is 0 Å². The number of carbonyl (C=O) groups is 1. The number of rotatable bonds is 8. The van der Waals surface area contributed by atoms with Gasteiger partial charge in [0.05, 0.1) is 0 Å². The van der Waals surface area contributed by atoms with Crippen LogP contribution in [0.15, 0.2) is 0 Å². The molecule has 0 rings (SSSR count). The van der Waals surface area contributed by atoms with Crippen LogP contribution in [0.1, 0.15) is 52.4 Å². The summed E-state index contributed by atoms with van der Waals surface area (Å²) in [6.45, 7) is 4.88. The van der Waals surface area contributed by atoms with E-state index in [9.17, 15) is 4.79 Å². The topological polar surface area (TPSA) is 29.1 Å². The standard InChI is InChI=1S/C11H22ClNO/c1-3-4-5-8-11(14)13-9-6-7-10(2)12/h10H,3-9H2,1-2H3,(H,13,14). The van der Waals surface area contributed by atoms with E-state index in [-0.39, 0.29) is 11.3 Å². The fourth-order valence-corrected chi connectivity index (χ4v) is 1.39. The second-order valence-electron chi connectivity index (χ2n) is 3.73. The Bertz CT molecular complexity index is 148. The summed E-state index contributed by atoms with van der Waals surface area (Å²) in [4.78, 5) is 11.2. The van der Waals surface area contributed by atoms with E-state index < -0.39 is 0 Å². The van der Waals surface area contributed by atoms with E-state index in [4.69, 9.17) is 11.6 Å². The highest BCUT2D eigenvalue weighted by Gasteiger charge is 2.00. The SMILES string of the molecule is CCCCCC(=O)NCCCC(C)Cl. The molecule has 14 heavy (non-hydrogen) atoms. The first-order chi connectivity index (χ1) is 6.66. The van der Waals surface area contributed by atoms with Crippen molar-refractivity contribution in [1.29, 1.82) is 0 Å². The predicted molar refractivity (Wildman–Crippen MR) is 61.7 cm³/mol. The summed E-state index contributed by atoms with van der Waals surface area (Å²) in [6, 6.07) is 0. The molecule has 0 aromatic rings. The molecule has 0 saturated heterocycles. The van der Waals surface area contributed by atoms with Crippen molar-refractivity contribution in [3.05, 3.63) is 0 Å². The van der Waals surface area contributed by atoms with Crippen LogP contribution in [-0.2, 0) is 4.79 Å². The van der Waals surface area contributed by atoms with E-state index in [1.807, 2.05) is 6.92 Å². The van der Waals surface area contributed by atoms with E-state index in [1.54, 1.807) is 0 Å². The van der Waals surface area contributed by atoms with Gasteiger partial charge in [0, 0.05) is 18.3 Å². The zero-order chi connectivity index (χ0) is 10.8. The van der Waals surface area contributed by atoms with Crippen molar-refractivity contribution in [2.75, 3.05) is 6.54 Å². The first-order valence-electron chi connectivity index (χ1n) is 5.57. The monoisotopic (exact) mass is 219 g/mol. The van der Waals surface area contributed by atoms with Gasteiger partial charge >= 0.3 is 0 Å². The second-order valence-corrected chi connectivity index (χ2v) is 4.48. The molecule has 2 nitrogen and oxygen atoms in total. The lowest BCUT2D eigenvalue weighted by Crippen LogP contribution is -2.24. The van der Waals surface area contributed by atoms with Crippen molar-refractivity contribution >= 4 is 17.5 Å². The minimum Gasteiger partial charge on any atom is -0.356 e. The third-order valence-corrected chi connectivity index (χ3v) is 2.33. The Morgan fingerprint density at radius 3 is 2.64 bits per heavy atom. The maximum Gasteiger partial charge on any atom is 0.219 e. The molecule has 0 fully saturated rings. The summed E-state index contributed by atoms with van der Waals surface area (Å²) < 4.78 is 0. The summed E-state index contributed by atoms with van der Waals surface area (Å²) in [7, 11) is 0. The predicted octanol–water partition coefficient (Wildman–Crippen LogP) is 3.09. The summed E-state index contributed by atoms with van der Waals surface area (Å²) >= 11 is 5.78. The quantitative estimate of drug-likeness (QED) is 0.493. The molecular formula is C11H22ClNO. The van der Waals surface area contributed by atoms with Gasteiger partial charge in [-0.05, 0) is 26.2 Å². The molecule has 0 aromatic heterocycles. The van der Waals surface area contributed by atoms with Gasteiger partial charge in [0.15, 0.2) is 0 Å². The molecule has 0 heterocycles. The highest BCUT2D eigenvalue weighted by Crippen LogP contribution is 2.02. The van der Waals surface area contributed by atoms with Crippen molar-refractivity contribution in [1.82, 2.24) is 5.32 Å². The largest absolute Gasteiger partial charge is 0.356 e. The molecule has 1 N–H and O–H groups in total. The Hall–Kier alpha value is -0.240. The van der Waals surface area contributed by atoms with Gasteiger partial charge in [0.25, 0.3) is 0 Å². The maximum atomic E-state index is 11.2. The normalized spacial score (nSPS) is 12.5. The smallest absolute Gasteiger partial charge is 0.219 e. The molecule has 1 unspecified atom stereocenters. The van der Waals surface area contributed by atoms with Gasteiger partial charge in [-0.2, -0.15) is 0 Å². The fraction of sp³-hybridized carbons (Fsp3) is 0.909. The number of alkyl halides is 1. The Balaban J connectivity index is 3.18. The highest BCUT2D eigenvalue weighted by atomic mass is 35.5. The van der Waals surface area contributed by atoms with Crippen LogP contribution in [0.25, 0.3) is 0 Å². The van der Waals surface area contributed by atoms with Crippen LogP contribution in [0, 0.1) is 0 Å². The van der Waals surface area contributed by atoms with Crippen molar-refractivity contribution in [2.45, 2.75) is 57.7 Å². The summed E-state index contributed by atoms with van der Waals surface area (Å²) in [6.07, 6.45) is 5.93. The van der Waals surface area contributed by atoms with Gasteiger partial charge in [0.2, 0.25) is 5.91 Å². The van der Waals surface area contributed by atoms with Crippen LogP contribution in [0.3, 0.4) is 0 Å². The van der Waals surface area contributed by atoms with E-state index in [2.05, 4.69) is 12.2 Å². The van der Waals surface area contributed by atoms with Gasteiger partial charge in [0.1, 0.15) is 0 Å². The van der Waals surface area contributed by atoms with Crippen LogP contribution < -0.4 is 5.32 Å². The van der Waals surface area contributed by atoms with Gasteiger partial charge in [-0.15, -0.1) is 11.6 Å². The lowest BCUT2D eigenvalue weighted by molar-refractivity contribution is -0.121. The number of halogens is 1. The van der Waals surface area contributed by atoms with Gasteiger partial charge < -0.3 is 5.32 Å². The average molecular weight is 220 g/mol. The minimum atomic E-state index is 0.181. The molecular weight excluding hydrogens is 198 g/mol. The number of carbonyl (C=O) groups excluding carboxylic acids is 1. The van der Waals surface area contributed by atoms with Gasteiger partial charge in [-0.25, -0.2) is 0 Å². The third-order valence-electron chi connectivity index (χ3n) is 2.11. The molecule has 0 aliphatic rings. The highest BCUT2D eigenvalue weighted by molar-refractivity contribution is 6.20. The molecule has 0 aliphatic heterocycles. The Morgan fingerprint density at radius 2 is 2.07 bits per heavy atom. The molecule has 1 atom stereocenters. The molecule has 0 bridgehead atoms. The van der Waals surface area contributed by atoms with E-state index in [0.29, 0.717) is 6.42 Å². The van der Waals surface area contributed by atoms with E-state index in [0.717, 1.165) is 38.6 Å². The number of hydrogen-bond donors (Lipinski definition) is 1. The van der Waals surface area contributed by atoms with Crippen molar-refractivity contribution in [3.63, 3.8) is 0 Å². The molecule has 0 radical (unpaired) electrons. The van der Waals surface area contributed by atoms with Crippen LogP contribution >= 0.6 is 11.6 Å². The minimum absolute atomic E-state index is 0.181. The lowest BCUT2D eigenvalue weighted by Gasteiger charge is -2.05.